The monoisotopic (exact) mass is 236 g/mol. The molecule has 0 bridgehead atoms. The van der Waals surface area contributed by atoms with E-state index >= 15 is 0 Å². The highest BCUT2D eigenvalue weighted by atomic mass is 35.5. The fraction of sp³-hybridized carbons (Fsp3) is 1.00. The first-order chi connectivity index (χ1) is 7.22. The van der Waals surface area contributed by atoms with Gasteiger partial charge in [-0.2, -0.15) is 0 Å². The molecule has 0 fully saturated rings. The number of hydrogen-bond donors (Lipinski definition) is 2. The van der Waals surface area contributed by atoms with Crippen LogP contribution in [0.3, 0.4) is 0 Å². The van der Waals surface area contributed by atoms with Crippen molar-refractivity contribution in [3.05, 3.63) is 0 Å². The molecule has 0 saturated carbocycles. The Hall–Kier alpha value is 0.210. The van der Waals surface area contributed by atoms with Crippen molar-refractivity contribution in [3.63, 3.8) is 0 Å². The third-order valence-corrected chi connectivity index (χ3v) is 3.02. The minimum absolute atomic E-state index is 0.123. The van der Waals surface area contributed by atoms with Crippen molar-refractivity contribution in [1.82, 2.24) is 0 Å². The van der Waals surface area contributed by atoms with E-state index in [0.717, 1.165) is 12.8 Å². The molecule has 0 aliphatic rings. The molecule has 0 unspecified atom stereocenters. The maximum atomic E-state index is 9.42. The first-order valence-electron chi connectivity index (χ1n) is 6.14. The first-order valence-corrected chi connectivity index (χ1v) is 6.68. The molecule has 92 valence electrons. The second-order valence-electron chi connectivity index (χ2n) is 4.20. The van der Waals surface area contributed by atoms with Gasteiger partial charge < -0.3 is 10.2 Å². The zero-order valence-electron chi connectivity index (χ0n) is 9.79. The Morgan fingerprint density at radius 3 is 1.93 bits per heavy atom. The number of alkyl halides is 1. The van der Waals surface area contributed by atoms with E-state index in [2.05, 4.69) is 6.92 Å². The molecular weight excluding hydrogens is 212 g/mol. The first kappa shape index (κ1) is 15.2. The van der Waals surface area contributed by atoms with Gasteiger partial charge in [0.05, 0.1) is 18.1 Å². The predicted octanol–water partition coefficient (Wildman–Crippen LogP) is 3.09. The van der Waals surface area contributed by atoms with E-state index in [0.29, 0.717) is 6.42 Å². The van der Waals surface area contributed by atoms with Crippen molar-refractivity contribution in [3.8, 4) is 0 Å². The van der Waals surface area contributed by atoms with Crippen molar-refractivity contribution in [1.29, 1.82) is 0 Å². The van der Waals surface area contributed by atoms with E-state index < -0.39 is 12.2 Å². The minimum Gasteiger partial charge on any atom is -0.390 e. The van der Waals surface area contributed by atoms with Gasteiger partial charge in [-0.15, -0.1) is 11.6 Å². The van der Waals surface area contributed by atoms with Gasteiger partial charge in [0.2, 0.25) is 0 Å². The Morgan fingerprint density at radius 2 is 1.40 bits per heavy atom. The summed E-state index contributed by atoms with van der Waals surface area (Å²) in [6.45, 7) is 2.21. The quantitative estimate of drug-likeness (QED) is 0.452. The van der Waals surface area contributed by atoms with Gasteiger partial charge in [-0.05, 0) is 6.42 Å². The van der Waals surface area contributed by atoms with Crippen LogP contribution in [-0.2, 0) is 0 Å². The highest BCUT2D eigenvalue weighted by Crippen LogP contribution is 2.11. The van der Waals surface area contributed by atoms with E-state index in [1.807, 2.05) is 0 Å². The Labute approximate surface area is 98.6 Å². The Morgan fingerprint density at radius 1 is 0.867 bits per heavy atom. The van der Waals surface area contributed by atoms with Crippen LogP contribution in [0.4, 0.5) is 0 Å². The molecule has 3 heteroatoms. The van der Waals surface area contributed by atoms with E-state index in [1.54, 1.807) is 0 Å². The van der Waals surface area contributed by atoms with Gasteiger partial charge in [0.25, 0.3) is 0 Å². The van der Waals surface area contributed by atoms with Crippen molar-refractivity contribution in [2.24, 2.45) is 0 Å². The average Bonchev–Trinajstić information content (AvgIpc) is 2.26. The molecule has 0 aromatic rings. The van der Waals surface area contributed by atoms with E-state index in [-0.39, 0.29) is 5.88 Å². The van der Waals surface area contributed by atoms with Gasteiger partial charge in [-0.1, -0.05) is 51.9 Å². The van der Waals surface area contributed by atoms with E-state index in [4.69, 9.17) is 11.6 Å². The van der Waals surface area contributed by atoms with Crippen LogP contribution in [-0.4, -0.2) is 28.3 Å². The molecule has 2 N–H and O–H groups in total. The molecule has 15 heavy (non-hydrogen) atoms. The lowest BCUT2D eigenvalue weighted by Crippen LogP contribution is -2.27. The smallest absolute Gasteiger partial charge is 0.0933 e. The van der Waals surface area contributed by atoms with Gasteiger partial charge >= 0.3 is 0 Å². The normalized spacial score (nSPS) is 15.2. The molecule has 0 aromatic carbocycles. The fourth-order valence-electron chi connectivity index (χ4n) is 1.61. The summed E-state index contributed by atoms with van der Waals surface area (Å²) in [4.78, 5) is 0. The summed E-state index contributed by atoms with van der Waals surface area (Å²) >= 11 is 5.43. The average molecular weight is 237 g/mol. The van der Waals surface area contributed by atoms with Gasteiger partial charge in [-0.25, -0.2) is 0 Å². The Bertz CT molecular complexity index is 131. The van der Waals surface area contributed by atoms with Gasteiger partial charge in [0, 0.05) is 0 Å². The summed E-state index contributed by atoms with van der Waals surface area (Å²) in [5, 5.41) is 18.6. The Kier molecular flexibility index (Phi) is 10.9. The summed E-state index contributed by atoms with van der Waals surface area (Å²) in [5.74, 6) is 0.123. The predicted molar refractivity (Wildman–Crippen MR) is 65.3 cm³/mol. The van der Waals surface area contributed by atoms with Crippen LogP contribution in [0.1, 0.15) is 58.3 Å². The zero-order valence-corrected chi connectivity index (χ0v) is 10.5. The van der Waals surface area contributed by atoms with Crippen molar-refractivity contribution >= 4 is 11.6 Å². The summed E-state index contributed by atoms with van der Waals surface area (Å²) in [6, 6.07) is 0. The SMILES string of the molecule is CCCCCCCCC[C@H](O)[C@@H](O)CCl. The third-order valence-electron chi connectivity index (χ3n) is 2.71. The number of hydrogen-bond acceptors (Lipinski definition) is 2. The van der Waals surface area contributed by atoms with Gasteiger partial charge in [0.1, 0.15) is 0 Å². The molecule has 0 aliphatic heterocycles. The summed E-state index contributed by atoms with van der Waals surface area (Å²) in [6.07, 6.45) is 7.87. The molecule has 0 heterocycles. The Balaban J connectivity index is 3.16. The molecule has 0 spiro atoms. The van der Waals surface area contributed by atoms with Crippen LogP contribution in [0.15, 0.2) is 0 Å². The topological polar surface area (TPSA) is 40.5 Å². The second kappa shape index (κ2) is 10.7. The van der Waals surface area contributed by atoms with Crippen LogP contribution in [0.25, 0.3) is 0 Å². The molecule has 0 saturated heterocycles. The molecule has 0 aromatic heterocycles. The van der Waals surface area contributed by atoms with Crippen LogP contribution >= 0.6 is 11.6 Å². The standard InChI is InChI=1S/C12H25ClO2/c1-2-3-4-5-6-7-8-9-11(14)12(15)10-13/h11-12,14-15H,2-10H2,1H3/t11-,12-/m0/s1. The lowest BCUT2D eigenvalue weighted by molar-refractivity contribution is 0.0267. The summed E-state index contributed by atoms with van der Waals surface area (Å²) in [5.41, 5.74) is 0. The molecule has 0 rings (SSSR count). The third kappa shape index (κ3) is 9.16. The van der Waals surface area contributed by atoms with Crippen molar-refractivity contribution < 1.29 is 10.2 Å². The van der Waals surface area contributed by atoms with Gasteiger partial charge in [-0.3, -0.25) is 0 Å². The van der Waals surface area contributed by atoms with Crippen LogP contribution < -0.4 is 0 Å². The zero-order chi connectivity index (χ0) is 11.5. The van der Waals surface area contributed by atoms with Crippen LogP contribution in [0.2, 0.25) is 0 Å². The molecule has 0 radical (unpaired) electrons. The highest BCUT2D eigenvalue weighted by Gasteiger charge is 2.13. The number of unbranched alkanes of at least 4 members (excludes halogenated alkanes) is 6. The maximum absolute atomic E-state index is 9.42. The maximum Gasteiger partial charge on any atom is 0.0933 e. The molecule has 0 amide bonds. The lowest BCUT2D eigenvalue weighted by atomic mass is 10.0. The van der Waals surface area contributed by atoms with Gasteiger partial charge in [0.15, 0.2) is 0 Å². The minimum atomic E-state index is -0.758. The summed E-state index contributed by atoms with van der Waals surface area (Å²) in [7, 11) is 0. The second-order valence-corrected chi connectivity index (χ2v) is 4.51. The van der Waals surface area contributed by atoms with Crippen LogP contribution in [0.5, 0.6) is 0 Å². The number of halogens is 1. The molecule has 2 atom stereocenters. The molecule has 0 aliphatic carbocycles. The van der Waals surface area contributed by atoms with E-state index in [9.17, 15) is 10.2 Å². The highest BCUT2D eigenvalue weighted by molar-refractivity contribution is 6.18. The summed E-state index contributed by atoms with van der Waals surface area (Å²) < 4.78 is 0. The molecule has 2 nitrogen and oxygen atoms in total. The number of aliphatic hydroxyl groups is 2. The number of rotatable bonds is 10. The largest absolute Gasteiger partial charge is 0.390 e. The molecular formula is C12H25ClO2. The number of aliphatic hydroxyl groups excluding tert-OH is 2. The van der Waals surface area contributed by atoms with Crippen molar-refractivity contribution in [2.45, 2.75) is 70.5 Å². The van der Waals surface area contributed by atoms with Crippen LogP contribution in [0, 0.1) is 0 Å². The van der Waals surface area contributed by atoms with E-state index in [1.165, 1.54) is 32.1 Å². The fourth-order valence-corrected chi connectivity index (χ4v) is 1.81. The van der Waals surface area contributed by atoms with Crippen molar-refractivity contribution in [2.75, 3.05) is 5.88 Å². The lowest BCUT2D eigenvalue weighted by Gasteiger charge is -2.14.